The normalized spacial score (nSPS) is 11.4. The van der Waals surface area contributed by atoms with Gasteiger partial charge >= 0.3 is 0 Å². The standard InChI is InChI=1S/C62H42N2O/c1-4-16-43(17-5-1)44-18-14-23-53(40-44)63(51-19-6-2-7-20-51)54-36-34-45-38-49(32-30-47(45)41-54)56-24-10-11-25-57(56)50-33-31-48-42-55(37-35-46(48)39-50)64(52-21-8-3-9-22-52)60-28-15-27-59-58-26-12-13-29-61(58)65-62(59)60/h1-42H. The molecule has 12 rings (SSSR count). The van der Waals surface area contributed by atoms with Crippen LogP contribution in [0.15, 0.2) is 259 Å². The highest BCUT2D eigenvalue weighted by Gasteiger charge is 2.20. The van der Waals surface area contributed by atoms with E-state index in [1.165, 1.54) is 54.9 Å². The Balaban J connectivity index is 0.888. The molecule has 0 aliphatic carbocycles. The summed E-state index contributed by atoms with van der Waals surface area (Å²) in [5.74, 6) is 0. The Hall–Kier alpha value is -8.66. The van der Waals surface area contributed by atoms with E-state index < -0.39 is 0 Å². The highest BCUT2D eigenvalue weighted by atomic mass is 16.3. The highest BCUT2D eigenvalue weighted by molar-refractivity contribution is 6.10. The summed E-state index contributed by atoms with van der Waals surface area (Å²) in [6, 6.07) is 91.3. The molecule has 65 heavy (non-hydrogen) atoms. The zero-order valence-electron chi connectivity index (χ0n) is 35.6. The van der Waals surface area contributed by atoms with Crippen molar-refractivity contribution >= 4 is 77.6 Å². The molecular formula is C62H42N2O. The van der Waals surface area contributed by atoms with Gasteiger partial charge in [0, 0.05) is 39.2 Å². The van der Waals surface area contributed by atoms with Crippen LogP contribution in [-0.4, -0.2) is 0 Å². The van der Waals surface area contributed by atoms with Gasteiger partial charge in [0.05, 0.1) is 5.69 Å². The Labute approximate surface area is 378 Å². The average molecular weight is 831 g/mol. The first-order chi connectivity index (χ1) is 32.2. The lowest BCUT2D eigenvalue weighted by Gasteiger charge is -2.26. The molecule has 0 saturated carbocycles. The Morgan fingerprint density at radius 3 is 1.38 bits per heavy atom. The monoisotopic (exact) mass is 830 g/mol. The molecular weight excluding hydrogens is 789 g/mol. The fourth-order valence-electron chi connectivity index (χ4n) is 9.46. The Bertz CT molecular complexity index is 3670. The summed E-state index contributed by atoms with van der Waals surface area (Å²) in [6.45, 7) is 0. The molecule has 3 heteroatoms. The molecule has 11 aromatic carbocycles. The van der Waals surface area contributed by atoms with Crippen molar-refractivity contribution in [1.29, 1.82) is 0 Å². The summed E-state index contributed by atoms with van der Waals surface area (Å²) < 4.78 is 6.55. The number of anilines is 6. The van der Waals surface area contributed by atoms with Crippen molar-refractivity contribution in [2.24, 2.45) is 0 Å². The van der Waals surface area contributed by atoms with Gasteiger partial charge in [-0.1, -0.05) is 170 Å². The lowest BCUT2D eigenvalue weighted by molar-refractivity contribution is 0.669. The number of fused-ring (bicyclic) bond motifs is 5. The smallest absolute Gasteiger partial charge is 0.159 e. The maximum absolute atomic E-state index is 6.55. The molecule has 0 unspecified atom stereocenters. The van der Waals surface area contributed by atoms with Crippen LogP contribution in [0.3, 0.4) is 0 Å². The molecule has 0 radical (unpaired) electrons. The summed E-state index contributed by atoms with van der Waals surface area (Å²) >= 11 is 0. The number of rotatable bonds is 9. The van der Waals surface area contributed by atoms with Crippen LogP contribution in [-0.2, 0) is 0 Å². The molecule has 1 heterocycles. The van der Waals surface area contributed by atoms with Gasteiger partial charge in [-0.25, -0.2) is 0 Å². The lowest BCUT2D eigenvalue weighted by atomic mass is 9.92. The van der Waals surface area contributed by atoms with Crippen LogP contribution in [0.25, 0.3) is 76.9 Å². The minimum atomic E-state index is 0.873. The molecule has 0 spiro atoms. The predicted molar refractivity (Wildman–Crippen MR) is 274 cm³/mol. The number of para-hydroxylation sites is 4. The van der Waals surface area contributed by atoms with Gasteiger partial charge in [0.2, 0.25) is 0 Å². The molecule has 0 aliphatic rings. The van der Waals surface area contributed by atoms with Crippen LogP contribution in [0.5, 0.6) is 0 Å². The number of hydrogen-bond acceptors (Lipinski definition) is 3. The van der Waals surface area contributed by atoms with Crippen molar-refractivity contribution in [3.8, 4) is 33.4 Å². The summed E-state index contributed by atoms with van der Waals surface area (Å²) in [6.07, 6.45) is 0. The van der Waals surface area contributed by atoms with Crippen molar-refractivity contribution in [3.63, 3.8) is 0 Å². The SMILES string of the molecule is c1ccc(-c2cccc(N(c3ccccc3)c3ccc4cc(-c5ccccc5-c5ccc6cc(N(c7ccccc7)c7cccc8c7oc7ccccc78)ccc6c5)ccc4c3)c2)cc1. The second-order valence-corrected chi connectivity index (χ2v) is 16.5. The van der Waals surface area contributed by atoms with E-state index in [1.807, 2.05) is 12.1 Å². The van der Waals surface area contributed by atoms with E-state index in [4.69, 9.17) is 4.42 Å². The third kappa shape index (κ3) is 7.06. The molecule has 12 aromatic rings. The van der Waals surface area contributed by atoms with E-state index >= 15 is 0 Å². The molecule has 3 nitrogen and oxygen atoms in total. The molecule has 0 bridgehead atoms. The molecule has 0 aliphatic heterocycles. The maximum Gasteiger partial charge on any atom is 0.159 e. The van der Waals surface area contributed by atoms with Crippen molar-refractivity contribution in [2.45, 2.75) is 0 Å². The molecule has 306 valence electrons. The molecule has 0 N–H and O–H groups in total. The van der Waals surface area contributed by atoms with E-state index in [2.05, 4.69) is 252 Å². The quantitative estimate of drug-likeness (QED) is 0.144. The number of benzene rings is 11. The van der Waals surface area contributed by atoms with Gasteiger partial charge in [-0.15, -0.1) is 0 Å². The van der Waals surface area contributed by atoms with Gasteiger partial charge in [0.25, 0.3) is 0 Å². The van der Waals surface area contributed by atoms with Gasteiger partial charge < -0.3 is 14.2 Å². The largest absolute Gasteiger partial charge is 0.454 e. The topological polar surface area (TPSA) is 19.6 Å². The van der Waals surface area contributed by atoms with Crippen molar-refractivity contribution in [2.75, 3.05) is 9.80 Å². The minimum Gasteiger partial charge on any atom is -0.454 e. The van der Waals surface area contributed by atoms with Crippen LogP contribution < -0.4 is 9.80 Å². The number of furan rings is 1. The van der Waals surface area contributed by atoms with Crippen molar-refractivity contribution in [3.05, 3.63) is 255 Å². The second-order valence-electron chi connectivity index (χ2n) is 16.5. The van der Waals surface area contributed by atoms with Gasteiger partial charge in [0.1, 0.15) is 5.58 Å². The first-order valence-electron chi connectivity index (χ1n) is 22.2. The van der Waals surface area contributed by atoms with Gasteiger partial charge in [-0.05, 0) is 140 Å². The molecule has 1 aromatic heterocycles. The van der Waals surface area contributed by atoms with E-state index in [0.717, 1.165) is 56.1 Å². The summed E-state index contributed by atoms with van der Waals surface area (Å²) in [5, 5.41) is 6.95. The Morgan fingerprint density at radius 2 is 0.723 bits per heavy atom. The molecule has 0 atom stereocenters. The summed E-state index contributed by atoms with van der Waals surface area (Å²) in [5.41, 5.74) is 15.4. The molecule has 0 amide bonds. The zero-order valence-corrected chi connectivity index (χ0v) is 35.6. The van der Waals surface area contributed by atoms with E-state index in [0.29, 0.717) is 0 Å². The zero-order chi connectivity index (χ0) is 43.1. The fourth-order valence-corrected chi connectivity index (χ4v) is 9.46. The lowest BCUT2D eigenvalue weighted by Crippen LogP contribution is -2.10. The third-order valence-corrected chi connectivity index (χ3v) is 12.6. The van der Waals surface area contributed by atoms with Crippen LogP contribution in [0, 0.1) is 0 Å². The van der Waals surface area contributed by atoms with Crippen LogP contribution >= 0.6 is 0 Å². The van der Waals surface area contributed by atoms with E-state index in [-0.39, 0.29) is 0 Å². The summed E-state index contributed by atoms with van der Waals surface area (Å²) in [7, 11) is 0. The van der Waals surface area contributed by atoms with Crippen molar-refractivity contribution < 1.29 is 4.42 Å². The number of hydrogen-bond donors (Lipinski definition) is 0. The summed E-state index contributed by atoms with van der Waals surface area (Å²) in [4.78, 5) is 4.65. The Morgan fingerprint density at radius 1 is 0.262 bits per heavy atom. The highest BCUT2D eigenvalue weighted by Crippen LogP contribution is 2.44. The predicted octanol–water partition coefficient (Wildman–Crippen LogP) is 17.8. The maximum atomic E-state index is 6.55. The van der Waals surface area contributed by atoms with E-state index in [9.17, 15) is 0 Å². The van der Waals surface area contributed by atoms with Crippen molar-refractivity contribution in [1.82, 2.24) is 0 Å². The fraction of sp³-hybridized carbons (Fsp3) is 0. The van der Waals surface area contributed by atoms with Gasteiger partial charge in [0.15, 0.2) is 5.58 Å². The van der Waals surface area contributed by atoms with Crippen LogP contribution in [0.4, 0.5) is 34.1 Å². The minimum absolute atomic E-state index is 0.873. The molecule has 0 fully saturated rings. The number of nitrogens with zero attached hydrogens (tertiary/aromatic N) is 2. The second kappa shape index (κ2) is 16.2. The first kappa shape index (κ1) is 38.0. The Kier molecular flexibility index (Phi) is 9.50. The van der Waals surface area contributed by atoms with Gasteiger partial charge in [-0.2, -0.15) is 0 Å². The van der Waals surface area contributed by atoms with E-state index in [1.54, 1.807) is 0 Å². The van der Waals surface area contributed by atoms with Gasteiger partial charge in [-0.3, -0.25) is 0 Å². The average Bonchev–Trinajstić information content (AvgIpc) is 3.77. The van der Waals surface area contributed by atoms with Crippen LogP contribution in [0.2, 0.25) is 0 Å². The van der Waals surface area contributed by atoms with Crippen LogP contribution in [0.1, 0.15) is 0 Å². The first-order valence-corrected chi connectivity index (χ1v) is 22.2. The third-order valence-electron chi connectivity index (χ3n) is 12.6. The molecule has 0 saturated heterocycles.